The van der Waals surface area contributed by atoms with E-state index >= 15 is 0 Å². The van der Waals surface area contributed by atoms with Crippen LogP contribution in [0.2, 0.25) is 10.1 Å². The van der Waals surface area contributed by atoms with Gasteiger partial charge in [0.15, 0.2) is 0 Å². The Balaban J connectivity index is 1.59. The van der Waals surface area contributed by atoms with Gasteiger partial charge in [-0.1, -0.05) is 188 Å². The van der Waals surface area contributed by atoms with Crippen molar-refractivity contribution in [2.45, 2.75) is 92.2 Å². The number of nitrogens with one attached hydrogen (secondary N) is 1. The molecule has 0 unspecified atom stereocenters. The predicted molar refractivity (Wildman–Crippen MR) is 266 cm³/mol. The van der Waals surface area contributed by atoms with E-state index in [2.05, 4.69) is 208 Å². The summed E-state index contributed by atoms with van der Waals surface area (Å²) in [7, 11) is -4.71. The highest BCUT2D eigenvalue weighted by Crippen LogP contribution is 2.46. The summed E-state index contributed by atoms with van der Waals surface area (Å²) in [6, 6.07) is 48.9. The number of H-pyrrole nitrogens is 1. The molecule has 0 aliphatic rings. The molecule has 1 heterocycles. The number of ether oxygens (including phenoxy) is 1. The van der Waals surface area contributed by atoms with Gasteiger partial charge in [-0.05, 0) is 87.2 Å². The number of esters is 1. The normalized spacial score (nSPS) is 12.9. The summed E-state index contributed by atoms with van der Waals surface area (Å²) in [5, 5.41) is 5.80. The molecule has 320 valence electrons. The minimum atomic E-state index is -3.09. The van der Waals surface area contributed by atoms with Gasteiger partial charge in [0.2, 0.25) is 0 Å². The zero-order chi connectivity index (χ0) is 44.5. The highest BCUT2D eigenvalue weighted by atomic mass is 28.4. The third-order valence-corrected chi connectivity index (χ3v) is 22.4. The van der Waals surface area contributed by atoms with Crippen molar-refractivity contribution < 1.29 is 18.4 Å². The number of fused-ring (bicyclic) bond motifs is 3. The third-order valence-electron chi connectivity index (χ3n) is 12.5. The summed E-state index contributed by atoms with van der Waals surface area (Å²) in [4.78, 5) is 17.9. The van der Waals surface area contributed by atoms with E-state index in [0.717, 1.165) is 51.5 Å². The first kappa shape index (κ1) is 44.4. The number of aromatic amines is 1. The van der Waals surface area contributed by atoms with Crippen molar-refractivity contribution in [3.05, 3.63) is 162 Å². The maximum Gasteiger partial charge on any atom is 0.338 e. The van der Waals surface area contributed by atoms with Crippen LogP contribution < -0.4 is 29.6 Å². The second kappa shape index (κ2) is 17.6. The van der Waals surface area contributed by atoms with Crippen LogP contribution in [0.25, 0.3) is 27.9 Å². The van der Waals surface area contributed by atoms with E-state index in [0.29, 0.717) is 17.2 Å². The Kier molecular flexibility index (Phi) is 12.6. The van der Waals surface area contributed by atoms with E-state index in [4.69, 9.17) is 13.6 Å². The number of carbonyl (C=O) groups is 1. The van der Waals surface area contributed by atoms with Crippen molar-refractivity contribution in [3.63, 3.8) is 0 Å². The fourth-order valence-electron chi connectivity index (χ4n) is 9.34. The minimum Gasteiger partial charge on any atom is -0.534 e. The molecule has 0 saturated carbocycles. The molecule has 0 aliphatic heterocycles. The molecular weight excluding hydrogens is 795 g/mol. The number of carbonyl (C=O) groups excluding carboxylic acids is 1. The number of allylic oxidation sites excluding steroid dienone is 1. The smallest absolute Gasteiger partial charge is 0.338 e. The van der Waals surface area contributed by atoms with Gasteiger partial charge in [0.05, 0.1) is 23.7 Å². The molecule has 0 fully saturated rings. The molecule has 0 aliphatic carbocycles. The van der Waals surface area contributed by atoms with Gasteiger partial charge in [0.25, 0.3) is 0 Å². The van der Waals surface area contributed by atoms with Gasteiger partial charge in [0.1, 0.15) is 11.5 Å². The van der Waals surface area contributed by atoms with Gasteiger partial charge in [-0.3, -0.25) is 0 Å². The Morgan fingerprint density at radius 3 is 1.48 bits per heavy atom. The molecule has 62 heavy (non-hydrogen) atoms. The minimum absolute atomic E-state index is 0.269. The molecule has 7 rings (SSSR count). The SMILES string of the molecule is COC(=O)c1ccc(O[Si](c2ccccc2)(c2ccccc2)C(C)(C)C)c2[nH]c3c(/C=C(\C)CCC(C)C)c(C)c(O[Si](c4ccccc4)(c4ccccc4)C(C)(C)C)cc3c12. The molecule has 0 bridgehead atoms. The van der Waals surface area contributed by atoms with Crippen molar-refractivity contribution in [2.24, 2.45) is 5.92 Å². The number of benzene rings is 6. The molecular formula is C55H63NO4Si2. The Labute approximate surface area is 371 Å². The van der Waals surface area contributed by atoms with Crippen LogP contribution in [-0.2, 0) is 4.74 Å². The quantitative estimate of drug-likeness (QED) is 0.0927. The first-order valence-corrected chi connectivity index (χ1v) is 25.8. The highest BCUT2D eigenvalue weighted by molar-refractivity contribution is 7.00. The molecule has 1 N–H and O–H groups in total. The number of hydrogen-bond acceptors (Lipinski definition) is 4. The number of aromatic nitrogens is 1. The van der Waals surface area contributed by atoms with Gasteiger partial charge < -0.3 is 18.6 Å². The highest BCUT2D eigenvalue weighted by Gasteiger charge is 2.54. The van der Waals surface area contributed by atoms with Crippen LogP contribution in [0.4, 0.5) is 0 Å². The van der Waals surface area contributed by atoms with Gasteiger partial charge in [-0.2, -0.15) is 0 Å². The second-order valence-electron chi connectivity index (χ2n) is 19.3. The molecule has 0 amide bonds. The monoisotopic (exact) mass is 857 g/mol. The van der Waals surface area contributed by atoms with Crippen LogP contribution in [0.15, 0.2) is 145 Å². The summed E-state index contributed by atoms with van der Waals surface area (Å²) < 4.78 is 21.1. The zero-order valence-corrected chi connectivity index (χ0v) is 40.5. The molecule has 7 aromatic rings. The molecule has 0 atom stereocenters. The third kappa shape index (κ3) is 8.09. The van der Waals surface area contributed by atoms with Crippen LogP contribution in [0.1, 0.15) is 96.6 Å². The topological polar surface area (TPSA) is 60.5 Å². The van der Waals surface area contributed by atoms with Crippen LogP contribution in [-0.4, -0.2) is 34.7 Å². The summed E-state index contributed by atoms with van der Waals surface area (Å²) in [5.41, 5.74) is 5.51. The molecule has 0 saturated heterocycles. The Morgan fingerprint density at radius 2 is 1.08 bits per heavy atom. The van der Waals surface area contributed by atoms with Crippen molar-refractivity contribution in [1.29, 1.82) is 0 Å². The van der Waals surface area contributed by atoms with E-state index in [1.165, 1.54) is 33.4 Å². The lowest BCUT2D eigenvalue weighted by molar-refractivity contribution is 0.0603. The summed E-state index contributed by atoms with van der Waals surface area (Å²) in [5.74, 6) is 1.65. The Morgan fingerprint density at radius 1 is 0.645 bits per heavy atom. The molecule has 7 heteroatoms. The van der Waals surface area contributed by atoms with Crippen LogP contribution in [0.3, 0.4) is 0 Å². The van der Waals surface area contributed by atoms with E-state index in [9.17, 15) is 4.79 Å². The lowest BCUT2D eigenvalue weighted by atomic mass is 9.97. The lowest BCUT2D eigenvalue weighted by Gasteiger charge is -2.43. The Hall–Kier alpha value is -5.64. The maximum absolute atomic E-state index is 14.0. The maximum atomic E-state index is 14.0. The molecule has 0 radical (unpaired) electrons. The van der Waals surface area contributed by atoms with Crippen LogP contribution in [0, 0.1) is 12.8 Å². The number of hydrogen-bond donors (Lipinski definition) is 1. The number of methoxy groups -OCH3 is 1. The lowest BCUT2D eigenvalue weighted by Crippen LogP contribution is -2.68. The summed E-state index contributed by atoms with van der Waals surface area (Å²) in [6.07, 6.45) is 4.38. The summed E-state index contributed by atoms with van der Waals surface area (Å²) >= 11 is 0. The predicted octanol–water partition coefficient (Wildman–Crippen LogP) is 12.1. The largest absolute Gasteiger partial charge is 0.534 e. The standard InChI is InChI=1S/C55H63NO4Si2/c1-38(2)32-33-39(3)36-46-40(4)49(60-62(55(8,9)10,43-28-20-14-21-29-43)44-30-22-15-23-31-44)37-47-50-45(53(57)58-11)34-35-48(52(50)56-51(46)47)59-61(54(5,6)7,41-24-16-12-17-25-41)42-26-18-13-19-27-42/h12-31,34-38,56H,32-33H2,1-11H3/b39-36+. The first-order valence-electron chi connectivity index (χ1n) is 22.0. The molecule has 6 aromatic carbocycles. The second-order valence-corrected chi connectivity index (χ2v) is 27.7. The van der Waals surface area contributed by atoms with E-state index in [1.807, 2.05) is 12.1 Å². The van der Waals surface area contributed by atoms with Gasteiger partial charge >= 0.3 is 22.6 Å². The van der Waals surface area contributed by atoms with E-state index < -0.39 is 22.6 Å². The van der Waals surface area contributed by atoms with Crippen molar-refractivity contribution >= 4 is 71.2 Å². The molecule has 5 nitrogen and oxygen atoms in total. The van der Waals surface area contributed by atoms with E-state index in [-0.39, 0.29) is 10.1 Å². The van der Waals surface area contributed by atoms with Gasteiger partial charge in [0, 0.05) is 16.3 Å². The number of rotatable bonds is 13. The average molecular weight is 858 g/mol. The van der Waals surface area contributed by atoms with Crippen molar-refractivity contribution in [2.75, 3.05) is 7.11 Å². The fraction of sp³-hybridized carbons (Fsp3) is 0.291. The zero-order valence-electron chi connectivity index (χ0n) is 38.5. The van der Waals surface area contributed by atoms with Crippen LogP contribution in [0.5, 0.6) is 11.5 Å². The molecule has 0 spiro atoms. The first-order chi connectivity index (χ1) is 29.5. The van der Waals surface area contributed by atoms with Crippen LogP contribution >= 0.6 is 0 Å². The summed E-state index contributed by atoms with van der Waals surface area (Å²) in [6.45, 7) is 22.7. The van der Waals surface area contributed by atoms with Gasteiger partial charge in [-0.25, -0.2) is 4.79 Å². The average Bonchev–Trinajstić information content (AvgIpc) is 3.64. The van der Waals surface area contributed by atoms with Crippen molar-refractivity contribution in [1.82, 2.24) is 4.98 Å². The molecule has 1 aromatic heterocycles. The van der Waals surface area contributed by atoms with Crippen molar-refractivity contribution in [3.8, 4) is 11.5 Å². The fourth-order valence-corrected chi connectivity index (χ4v) is 18.2. The van der Waals surface area contributed by atoms with E-state index in [1.54, 1.807) is 0 Å². The van der Waals surface area contributed by atoms with Gasteiger partial charge in [-0.15, -0.1) is 0 Å². The Bertz CT molecular complexity index is 2610.